The number of nitrogens with zero attached hydrogens (tertiary/aromatic N) is 1. The van der Waals surface area contributed by atoms with E-state index in [-0.39, 0.29) is 13.1 Å². The fourth-order valence-electron chi connectivity index (χ4n) is 0.945. The number of carboxylic acids is 1. The van der Waals surface area contributed by atoms with Crippen LogP contribution in [-0.4, -0.2) is 41.8 Å². The lowest BCUT2D eigenvalue weighted by atomic mass is 9.98. The second kappa shape index (κ2) is 1.67. The van der Waals surface area contributed by atoms with Gasteiger partial charge in [-0.1, -0.05) is 0 Å². The summed E-state index contributed by atoms with van der Waals surface area (Å²) in [6.45, 7) is 0.0324. The number of hydrogen-bond donors (Lipinski definition) is 1. The lowest BCUT2D eigenvalue weighted by molar-refractivity contribution is -0.162. The Bertz CT molecular complexity index is 142. The molecule has 52 valence electrons. The van der Waals surface area contributed by atoms with E-state index >= 15 is 0 Å². The monoisotopic (exact) mass is 133 g/mol. The Hall–Kier alpha value is -0.640. The first-order valence-corrected chi connectivity index (χ1v) is 2.65. The minimum Gasteiger partial charge on any atom is -0.479 e. The van der Waals surface area contributed by atoms with E-state index in [4.69, 9.17) is 5.11 Å². The van der Waals surface area contributed by atoms with Crippen molar-refractivity contribution in [3.63, 3.8) is 0 Å². The van der Waals surface area contributed by atoms with Crippen molar-refractivity contribution in [2.75, 3.05) is 20.1 Å². The van der Waals surface area contributed by atoms with Gasteiger partial charge in [-0.15, -0.1) is 0 Å². The van der Waals surface area contributed by atoms with E-state index in [1.54, 1.807) is 11.9 Å². The fourth-order valence-corrected chi connectivity index (χ4v) is 0.945. The maximum Gasteiger partial charge on any atom is 0.344 e. The van der Waals surface area contributed by atoms with Crippen molar-refractivity contribution >= 4 is 5.97 Å². The predicted octanol–water partition coefficient (Wildman–Crippen LogP) is -0.275. The zero-order valence-electron chi connectivity index (χ0n) is 5.09. The van der Waals surface area contributed by atoms with E-state index in [1.807, 2.05) is 0 Å². The zero-order valence-corrected chi connectivity index (χ0v) is 5.09. The molecule has 1 N–H and O–H groups in total. The lowest BCUT2D eigenvalue weighted by Gasteiger charge is -2.38. The van der Waals surface area contributed by atoms with Crippen LogP contribution >= 0.6 is 0 Å². The van der Waals surface area contributed by atoms with E-state index in [2.05, 4.69) is 0 Å². The molecular weight excluding hydrogens is 125 g/mol. The smallest absolute Gasteiger partial charge is 0.344 e. The number of carboxylic acid groups (broad SMARTS) is 1. The average molecular weight is 133 g/mol. The predicted molar refractivity (Wildman–Crippen MR) is 29.0 cm³/mol. The van der Waals surface area contributed by atoms with Crippen LogP contribution in [0.4, 0.5) is 4.39 Å². The topological polar surface area (TPSA) is 40.5 Å². The highest BCUT2D eigenvalue weighted by molar-refractivity contribution is 5.79. The van der Waals surface area contributed by atoms with Crippen molar-refractivity contribution in [1.82, 2.24) is 4.90 Å². The van der Waals surface area contributed by atoms with Crippen LogP contribution in [-0.2, 0) is 4.79 Å². The quantitative estimate of drug-likeness (QED) is 0.535. The van der Waals surface area contributed by atoms with Gasteiger partial charge in [-0.2, -0.15) is 0 Å². The van der Waals surface area contributed by atoms with E-state index in [1.165, 1.54) is 0 Å². The van der Waals surface area contributed by atoms with Crippen LogP contribution in [0.15, 0.2) is 0 Å². The summed E-state index contributed by atoms with van der Waals surface area (Å²) in [4.78, 5) is 11.7. The third-order valence-electron chi connectivity index (χ3n) is 1.42. The Balaban J connectivity index is 2.50. The maximum atomic E-state index is 12.6. The molecule has 0 spiro atoms. The Morgan fingerprint density at radius 3 is 2.33 bits per heavy atom. The number of hydrogen-bond acceptors (Lipinski definition) is 2. The van der Waals surface area contributed by atoms with Gasteiger partial charge in [0.15, 0.2) is 0 Å². The van der Waals surface area contributed by atoms with Gasteiger partial charge in [-0.05, 0) is 7.05 Å². The highest BCUT2D eigenvalue weighted by Crippen LogP contribution is 2.23. The van der Waals surface area contributed by atoms with Crippen LogP contribution in [0.1, 0.15) is 0 Å². The van der Waals surface area contributed by atoms with Crippen LogP contribution < -0.4 is 0 Å². The fraction of sp³-hybridized carbons (Fsp3) is 0.800. The van der Waals surface area contributed by atoms with Crippen molar-refractivity contribution in [3.8, 4) is 0 Å². The molecule has 1 saturated heterocycles. The number of carbonyl (C=O) groups is 1. The highest BCUT2D eigenvalue weighted by Gasteiger charge is 2.48. The molecule has 0 bridgehead atoms. The standard InChI is InChI=1S/C5H8FNO2/c1-7-2-5(6,3-7)4(8)9/h2-3H2,1H3,(H,8,9). The van der Waals surface area contributed by atoms with Crippen LogP contribution in [0.3, 0.4) is 0 Å². The molecule has 1 heterocycles. The van der Waals surface area contributed by atoms with Crippen molar-refractivity contribution in [3.05, 3.63) is 0 Å². The molecule has 0 atom stereocenters. The van der Waals surface area contributed by atoms with Gasteiger partial charge >= 0.3 is 5.97 Å². The molecule has 1 aliphatic rings. The second-order valence-electron chi connectivity index (χ2n) is 2.44. The molecule has 1 rings (SSSR count). The van der Waals surface area contributed by atoms with Gasteiger partial charge in [0.05, 0.1) is 0 Å². The molecule has 9 heavy (non-hydrogen) atoms. The summed E-state index contributed by atoms with van der Waals surface area (Å²) in [5.41, 5.74) is -1.96. The summed E-state index contributed by atoms with van der Waals surface area (Å²) in [6.07, 6.45) is 0. The van der Waals surface area contributed by atoms with Gasteiger partial charge < -0.3 is 5.11 Å². The van der Waals surface area contributed by atoms with Crippen molar-refractivity contribution in [2.24, 2.45) is 0 Å². The summed E-state index contributed by atoms with van der Waals surface area (Å²) in [7, 11) is 1.68. The molecule has 0 aliphatic carbocycles. The Morgan fingerprint density at radius 2 is 2.22 bits per heavy atom. The number of likely N-dealkylation sites (tertiary alicyclic amines) is 1. The van der Waals surface area contributed by atoms with Gasteiger partial charge in [0, 0.05) is 13.1 Å². The van der Waals surface area contributed by atoms with Gasteiger partial charge in [0.2, 0.25) is 5.67 Å². The summed E-state index contributed by atoms with van der Waals surface area (Å²) >= 11 is 0. The normalized spacial score (nSPS) is 25.1. The van der Waals surface area contributed by atoms with E-state index < -0.39 is 11.6 Å². The minimum absolute atomic E-state index is 0.0162. The molecule has 0 saturated carbocycles. The SMILES string of the molecule is CN1CC(F)(C(=O)O)C1. The number of halogens is 1. The molecule has 4 heteroatoms. The number of rotatable bonds is 1. The minimum atomic E-state index is -1.96. The van der Waals surface area contributed by atoms with Gasteiger partial charge in [-0.25, -0.2) is 9.18 Å². The molecule has 0 radical (unpaired) electrons. The highest BCUT2D eigenvalue weighted by atomic mass is 19.1. The zero-order chi connectivity index (χ0) is 7.07. The van der Waals surface area contributed by atoms with Crippen LogP contribution in [0.5, 0.6) is 0 Å². The largest absolute Gasteiger partial charge is 0.479 e. The lowest BCUT2D eigenvalue weighted by Crippen LogP contribution is -2.61. The second-order valence-corrected chi connectivity index (χ2v) is 2.44. The molecule has 0 unspecified atom stereocenters. The summed E-state index contributed by atoms with van der Waals surface area (Å²) < 4.78 is 12.6. The summed E-state index contributed by atoms with van der Waals surface area (Å²) in [5.74, 6) is -1.35. The first-order valence-electron chi connectivity index (χ1n) is 2.65. The first kappa shape index (κ1) is 6.48. The van der Waals surface area contributed by atoms with Crippen molar-refractivity contribution in [1.29, 1.82) is 0 Å². The average Bonchev–Trinajstić information content (AvgIpc) is 1.62. The summed E-state index contributed by atoms with van der Waals surface area (Å²) in [6, 6.07) is 0. The van der Waals surface area contributed by atoms with E-state index in [0.29, 0.717) is 0 Å². The van der Waals surface area contributed by atoms with E-state index in [9.17, 15) is 9.18 Å². The van der Waals surface area contributed by atoms with Gasteiger partial charge in [-0.3, -0.25) is 4.90 Å². The molecule has 1 aliphatic heterocycles. The molecule has 3 nitrogen and oxygen atoms in total. The number of alkyl halides is 1. The Morgan fingerprint density at radius 1 is 1.78 bits per heavy atom. The molecule has 0 aromatic carbocycles. The maximum absolute atomic E-state index is 12.6. The van der Waals surface area contributed by atoms with Crippen LogP contribution in [0, 0.1) is 0 Å². The van der Waals surface area contributed by atoms with Crippen LogP contribution in [0.2, 0.25) is 0 Å². The van der Waals surface area contributed by atoms with Crippen molar-refractivity contribution in [2.45, 2.75) is 5.67 Å². The third-order valence-corrected chi connectivity index (χ3v) is 1.42. The molecular formula is C5H8FNO2. The Kier molecular flexibility index (Phi) is 1.20. The van der Waals surface area contributed by atoms with Crippen molar-refractivity contribution < 1.29 is 14.3 Å². The van der Waals surface area contributed by atoms with Gasteiger partial charge in [0.25, 0.3) is 0 Å². The van der Waals surface area contributed by atoms with Crippen LogP contribution in [0.25, 0.3) is 0 Å². The van der Waals surface area contributed by atoms with E-state index in [0.717, 1.165) is 0 Å². The molecule has 0 aromatic rings. The molecule has 0 amide bonds. The van der Waals surface area contributed by atoms with Gasteiger partial charge in [0.1, 0.15) is 0 Å². The Labute approximate surface area is 52.1 Å². The number of aliphatic carboxylic acids is 1. The molecule has 0 aromatic heterocycles. The third kappa shape index (κ3) is 0.896. The molecule has 1 fully saturated rings. The first-order chi connectivity index (χ1) is 4.04. The summed E-state index contributed by atoms with van der Waals surface area (Å²) in [5, 5.41) is 8.21.